The normalized spacial score (nSPS) is 11.2. The Morgan fingerprint density at radius 3 is 2.34 bits per heavy atom. The van der Waals surface area contributed by atoms with Gasteiger partial charge in [0.15, 0.2) is 5.75 Å². The van der Waals surface area contributed by atoms with Crippen LogP contribution in [0.2, 0.25) is 0 Å². The molecule has 0 spiro atoms. The number of hydrogen-bond acceptors (Lipinski definition) is 4. The fraction of sp³-hybridized carbons (Fsp3) is 0.0769. The second kappa shape index (κ2) is 8.77. The number of rotatable bonds is 6. The van der Waals surface area contributed by atoms with E-state index in [0.29, 0.717) is 37.6 Å². The minimum atomic E-state index is -1.03. The van der Waals surface area contributed by atoms with Gasteiger partial charge in [0, 0.05) is 21.7 Å². The molecule has 0 radical (unpaired) electrons. The zero-order valence-electron chi connectivity index (χ0n) is 17.4. The van der Waals surface area contributed by atoms with Crippen molar-refractivity contribution >= 4 is 39.3 Å². The van der Waals surface area contributed by atoms with Crippen molar-refractivity contribution in [1.82, 2.24) is 0 Å². The van der Waals surface area contributed by atoms with Crippen molar-refractivity contribution in [3.8, 4) is 11.5 Å². The van der Waals surface area contributed by atoms with E-state index >= 15 is 0 Å². The molecular weight excluding hydrogens is 427 g/mol. The third-order valence-electron chi connectivity index (χ3n) is 5.04. The highest BCUT2D eigenvalue weighted by Crippen LogP contribution is 2.42. The highest BCUT2D eigenvalue weighted by molar-refractivity contribution is 7.21. The van der Waals surface area contributed by atoms with Gasteiger partial charge < -0.3 is 9.84 Å². The van der Waals surface area contributed by atoms with E-state index in [1.165, 1.54) is 29.5 Å². The molecule has 4 rings (SSSR count). The van der Waals surface area contributed by atoms with Gasteiger partial charge in [-0.05, 0) is 66.9 Å². The summed E-state index contributed by atoms with van der Waals surface area (Å²) in [4.78, 5) is 24.6. The summed E-state index contributed by atoms with van der Waals surface area (Å²) in [6, 6.07) is 16.9. The number of aliphatic carboxylic acids is 1. The van der Waals surface area contributed by atoms with Crippen LogP contribution in [0.4, 0.5) is 4.39 Å². The van der Waals surface area contributed by atoms with Crippen molar-refractivity contribution in [2.24, 2.45) is 0 Å². The molecule has 0 aliphatic carbocycles. The highest BCUT2D eigenvalue weighted by Gasteiger charge is 2.24. The number of carbonyl (C=O) groups is 2. The Morgan fingerprint density at radius 2 is 1.69 bits per heavy atom. The van der Waals surface area contributed by atoms with Crippen molar-refractivity contribution in [1.29, 1.82) is 0 Å². The molecule has 0 saturated carbocycles. The van der Waals surface area contributed by atoms with E-state index in [2.05, 4.69) is 0 Å². The van der Waals surface area contributed by atoms with Crippen LogP contribution in [-0.2, 0) is 4.79 Å². The average Bonchev–Trinajstić information content (AvgIpc) is 3.10. The lowest BCUT2D eigenvalue weighted by atomic mass is 9.98. The molecule has 4 aromatic rings. The topological polar surface area (TPSA) is 63.6 Å². The third-order valence-corrected chi connectivity index (χ3v) is 6.17. The van der Waals surface area contributed by atoms with E-state index in [1.54, 1.807) is 30.3 Å². The molecule has 4 nitrogen and oxygen atoms in total. The molecule has 0 saturated heterocycles. The monoisotopic (exact) mass is 446 g/mol. The van der Waals surface area contributed by atoms with Crippen LogP contribution in [0.3, 0.4) is 0 Å². The molecule has 1 aromatic heterocycles. The molecule has 0 atom stereocenters. The van der Waals surface area contributed by atoms with Gasteiger partial charge in [0.05, 0.1) is 0 Å². The van der Waals surface area contributed by atoms with Gasteiger partial charge in [-0.25, -0.2) is 9.18 Å². The quantitative estimate of drug-likeness (QED) is 0.262. The summed E-state index contributed by atoms with van der Waals surface area (Å²) in [5.74, 6) is -0.718. The molecule has 1 heterocycles. The number of thiophene rings is 1. The first kappa shape index (κ1) is 21.5. The van der Waals surface area contributed by atoms with Gasteiger partial charge in [-0.1, -0.05) is 30.3 Å². The number of carboxylic acids is 1. The van der Waals surface area contributed by atoms with Crippen molar-refractivity contribution in [3.63, 3.8) is 0 Å². The van der Waals surface area contributed by atoms with Crippen molar-refractivity contribution in [2.75, 3.05) is 0 Å². The van der Waals surface area contributed by atoms with E-state index in [9.17, 15) is 14.0 Å². The molecular formula is C26H19FO4S. The molecule has 6 heteroatoms. The third kappa shape index (κ3) is 4.31. The predicted octanol–water partition coefficient (Wildman–Crippen LogP) is 6.78. The summed E-state index contributed by atoms with van der Waals surface area (Å²) in [6.45, 7) is 3.77. The minimum Gasteiger partial charge on any atom is -0.478 e. The molecule has 0 fully saturated rings. The Morgan fingerprint density at radius 1 is 1.00 bits per heavy atom. The highest BCUT2D eigenvalue weighted by atomic mass is 32.1. The maximum Gasteiger partial charge on any atom is 0.328 e. The van der Waals surface area contributed by atoms with Crippen LogP contribution >= 0.6 is 11.3 Å². The molecule has 32 heavy (non-hydrogen) atoms. The van der Waals surface area contributed by atoms with Crippen LogP contribution in [0, 0.1) is 19.7 Å². The number of ketones is 1. The lowest BCUT2D eigenvalue weighted by molar-refractivity contribution is -0.131. The van der Waals surface area contributed by atoms with Crippen molar-refractivity contribution in [3.05, 3.63) is 99.7 Å². The number of halogens is 1. The number of ether oxygens (including phenoxy) is 1. The maximum absolute atomic E-state index is 13.9. The van der Waals surface area contributed by atoms with Gasteiger partial charge in [-0.15, -0.1) is 11.3 Å². The number of hydrogen-bond donors (Lipinski definition) is 1. The Labute approximate surface area is 188 Å². The Bertz CT molecular complexity index is 1350. The molecule has 0 unspecified atom stereocenters. The van der Waals surface area contributed by atoms with Crippen LogP contribution in [0.15, 0.2) is 66.7 Å². The van der Waals surface area contributed by atoms with E-state index in [-0.39, 0.29) is 11.6 Å². The lowest BCUT2D eigenvalue weighted by Gasteiger charge is -2.11. The second-order valence-corrected chi connectivity index (χ2v) is 8.39. The fourth-order valence-electron chi connectivity index (χ4n) is 3.52. The largest absolute Gasteiger partial charge is 0.478 e. The van der Waals surface area contributed by atoms with E-state index in [1.807, 2.05) is 32.0 Å². The predicted molar refractivity (Wildman–Crippen MR) is 124 cm³/mol. The Balaban J connectivity index is 1.78. The smallest absolute Gasteiger partial charge is 0.328 e. The van der Waals surface area contributed by atoms with Crippen molar-refractivity contribution in [2.45, 2.75) is 13.8 Å². The van der Waals surface area contributed by atoms with Gasteiger partial charge in [-0.3, -0.25) is 4.79 Å². The van der Waals surface area contributed by atoms with Gasteiger partial charge in [0.1, 0.15) is 16.4 Å². The zero-order valence-corrected chi connectivity index (χ0v) is 18.2. The van der Waals surface area contributed by atoms with Crippen LogP contribution in [0.1, 0.15) is 31.9 Å². The maximum atomic E-state index is 13.9. The van der Waals surface area contributed by atoms with Gasteiger partial charge >= 0.3 is 5.97 Å². The SMILES string of the molecule is Cc1cccc(C)c1C(=O)c1sc2cc(F)ccc2c1Oc1ccc(/C=C/C(=O)O)cc1. The Kier molecular flexibility index (Phi) is 5.88. The van der Waals surface area contributed by atoms with E-state index in [4.69, 9.17) is 9.84 Å². The number of fused-ring (bicyclic) bond motifs is 1. The van der Waals surface area contributed by atoms with E-state index in [0.717, 1.165) is 17.2 Å². The molecule has 3 aromatic carbocycles. The average molecular weight is 446 g/mol. The van der Waals surface area contributed by atoms with Crippen molar-refractivity contribution < 1.29 is 23.8 Å². The van der Waals surface area contributed by atoms with Crippen LogP contribution < -0.4 is 4.74 Å². The number of aryl methyl sites for hydroxylation is 2. The minimum absolute atomic E-state index is 0.168. The molecule has 0 aliphatic heterocycles. The molecule has 160 valence electrons. The molecule has 0 aliphatic rings. The summed E-state index contributed by atoms with van der Waals surface area (Å²) in [6.07, 6.45) is 2.53. The lowest BCUT2D eigenvalue weighted by Crippen LogP contribution is -2.05. The zero-order chi connectivity index (χ0) is 22.8. The number of benzene rings is 3. The van der Waals surface area contributed by atoms with E-state index < -0.39 is 5.97 Å². The first-order valence-electron chi connectivity index (χ1n) is 9.85. The molecule has 0 bridgehead atoms. The molecule has 1 N–H and O–H groups in total. The van der Waals surface area contributed by atoms with Gasteiger partial charge in [0.2, 0.25) is 5.78 Å². The Hall–Kier alpha value is -3.77. The summed E-state index contributed by atoms with van der Waals surface area (Å²) in [5, 5.41) is 9.42. The van der Waals surface area contributed by atoms with Crippen LogP contribution in [0.25, 0.3) is 16.2 Å². The second-order valence-electron chi connectivity index (χ2n) is 7.34. The summed E-state index contributed by atoms with van der Waals surface area (Å²) >= 11 is 1.20. The summed E-state index contributed by atoms with van der Waals surface area (Å²) in [5.41, 5.74) is 3.03. The number of carbonyl (C=O) groups excluding carboxylic acids is 1. The van der Waals surface area contributed by atoms with Gasteiger partial charge in [0.25, 0.3) is 0 Å². The first-order valence-corrected chi connectivity index (χ1v) is 10.7. The fourth-order valence-corrected chi connectivity index (χ4v) is 4.62. The summed E-state index contributed by atoms with van der Waals surface area (Å²) in [7, 11) is 0. The van der Waals surface area contributed by atoms with Gasteiger partial charge in [-0.2, -0.15) is 0 Å². The standard InChI is InChI=1S/C26H19FO4S/c1-15-4-3-5-16(2)23(15)24(30)26-25(20-12-9-18(27)14-21(20)32-26)31-19-10-6-17(7-11-19)8-13-22(28)29/h3-14H,1-2H3,(H,28,29)/b13-8+. The van der Waals surface area contributed by atoms with Crippen LogP contribution in [-0.4, -0.2) is 16.9 Å². The number of carboxylic acid groups (broad SMARTS) is 1. The summed E-state index contributed by atoms with van der Waals surface area (Å²) < 4.78 is 20.6. The first-order chi connectivity index (χ1) is 15.3. The molecule has 0 amide bonds. The van der Waals surface area contributed by atoms with Crippen LogP contribution in [0.5, 0.6) is 11.5 Å².